The van der Waals surface area contributed by atoms with Crippen LogP contribution in [0, 0.1) is 5.92 Å². The highest BCUT2D eigenvalue weighted by Crippen LogP contribution is 2.17. The number of aromatic nitrogens is 2. The van der Waals surface area contributed by atoms with Crippen molar-refractivity contribution in [1.29, 1.82) is 0 Å². The SMILES string of the molecule is CC(C)CN(C)c1nc(N)ns1. The van der Waals surface area contributed by atoms with Crippen LogP contribution < -0.4 is 10.6 Å². The molecule has 12 heavy (non-hydrogen) atoms. The van der Waals surface area contributed by atoms with Crippen LogP contribution >= 0.6 is 11.5 Å². The maximum absolute atomic E-state index is 5.41. The smallest absolute Gasteiger partial charge is 0.233 e. The summed E-state index contributed by atoms with van der Waals surface area (Å²) in [4.78, 5) is 6.14. The summed E-state index contributed by atoms with van der Waals surface area (Å²) in [5, 5.41) is 0.890. The molecule has 2 N–H and O–H groups in total. The molecule has 0 atom stereocenters. The molecule has 0 saturated heterocycles. The van der Waals surface area contributed by atoms with Crippen molar-refractivity contribution in [2.75, 3.05) is 24.2 Å². The maximum Gasteiger partial charge on any atom is 0.233 e. The molecule has 0 aliphatic rings. The van der Waals surface area contributed by atoms with Crippen LogP contribution in [0.3, 0.4) is 0 Å². The lowest BCUT2D eigenvalue weighted by molar-refractivity contribution is 0.637. The number of hydrogen-bond acceptors (Lipinski definition) is 5. The lowest BCUT2D eigenvalue weighted by Crippen LogP contribution is -2.22. The lowest BCUT2D eigenvalue weighted by Gasteiger charge is -2.16. The van der Waals surface area contributed by atoms with E-state index >= 15 is 0 Å². The molecule has 1 heterocycles. The van der Waals surface area contributed by atoms with E-state index in [4.69, 9.17) is 5.73 Å². The molecule has 1 rings (SSSR count). The predicted octanol–water partition coefficient (Wildman–Crippen LogP) is 1.21. The molecule has 0 spiro atoms. The van der Waals surface area contributed by atoms with Crippen LogP contribution in [0.4, 0.5) is 11.1 Å². The first-order valence-corrected chi connectivity index (χ1v) is 4.67. The molecule has 0 aliphatic carbocycles. The summed E-state index contributed by atoms with van der Waals surface area (Å²) < 4.78 is 3.91. The summed E-state index contributed by atoms with van der Waals surface area (Å²) in [6.45, 7) is 5.32. The van der Waals surface area contributed by atoms with Gasteiger partial charge in [-0.3, -0.25) is 0 Å². The fraction of sp³-hybridized carbons (Fsp3) is 0.714. The number of nitrogen functional groups attached to an aromatic ring is 1. The van der Waals surface area contributed by atoms with E-state index in [2.05, 4.69) is 28.1 Å². The normalized spacial score (nSPS) is 10.7. The zero-order valence-corrected chi connectivity index (χ0v) is 8.43. The third kappa shape index (κ3) is 2.34. The number of nitrogens with zero attached hydrogens (tertiary/aromatic N) is 3. The number of rotatable bonds is 3. The molecular formula is C7H14N4S. The summed E-state index contributed by atoms with van der Waals surface area (Å²) >= 11 is 1.34. The highest BCUT2D eigenvalue weighted by atomic mass is 32.1. The number of anilines is 2. The van der Waals surface area contributed by atoms with Crippen LogP contribution in [0.2, 0.25) is 0 Å². The second-order valence-corrected chi connectivity index (χ2v) is 3.94. The van der Waals surface area contributed by atoms with Crippen molar-refractivity contribution in [2.24, 2.45) is 5.92 Å². The van der Waals surface area contributed by atoms with Gasteiger partial charge in [0.15, 0.2) is 0 Å². The van der Waals surface area contributed by atoms with E-state index in [1.165, 1.54) is 11.5 Å². The zero-order valence-electron chi connectivity index (χ0n) is 7.61. The largest absolute Gasteiger partial charge is 0.367 e. The van der Waals surface area contributed by atoms with Gasteiger partial charge in [0.1, 0.15) is 0 Å². The molecule has 0 fully saturated rings. The third-order valence-corrected chi connectivity index (χ3v) is 2.24. The first-order valence-electron chi connectivity index (χ1n) is 3.90. The Kier molecular flexibility index (Phi) is 2.86. The maximum atomic E-state index is 5.41. The fourth-order valence-electron chi connectivity index (χ4n) is 1.01. The molecule has 4 nitrogen and oxygen atoms in total. The fourth-order valence-corrected chi connectivity index (χ4v) is 1.57. The Morgan fingerprint density at radius 3 is 2.67 bits per heavy atom. The molecular weight excluding hydrogens is 172 g/mol. The van der Waals surface area contributed by atoms with Gasteiger partial charge < -0.3 is 10.6 Å². The van der Waals surface area contributed by atoms with E-state index in [0.29, 0.717) is 11.9 Å². The summed E-state index contributed by atoms with van der Waals surface area (Å²) in [5.41, 5.74) is 5.41. The highest BCUT2D eigenvalue weighted by molar-refractivity contribution is 7.09. The molecule has 1 aromatic heterocycles. The minimum absolute atomic E-state index is 0.366. The molecule has 0 unspecified atom stereocenters. The quantitative estimate of drug-likeness (QED) is 0.771. The second-order valence-electron chi connectivity index (χ2n) is 3.21. The third-order valence-electron chi connectivity index (χ3n) is 1.40. The Morgan fingerprint density at radius 2 is 2.25 bits per heavy atom. The van der Waals surface area contributed by atoms with E-state index in [1.807, 2.05) is 7.05 Å². The molecule has 1 aromatic rings. The van der Waals surface area contributed by atoms with Gasteiger partial charge in [-0.1, -0.05) is 13.8 Å². The monoisotopic (exact) mass is 186 g/mol. The van der Waals surface area contributed by atoms with Gasteiger partial charge in [-0.05, 0) is 5.92 Å². The Morgan fingerprint density at radius 1 is 1.58 bits per heavy atom. The van der Waals surface area contributed by atoms with E-state index in [0.717, 1.165) is 11.7 Å². The summed E-state index contributed by atoms with van der Waals surface area (Å²) in [5.74, 6) is 0.991. The van der Waals surface area contributed by atoms with Crippen molar-refractivity contribution >= 4 is 22.6 Å². The first kappa shape index (κ1) is 9.25. The van der Waals surface area contributed by atoms with Gasteiger partial charge >= 0.3 is 0 Å². The molecule has 0 amide bonds. The van der Waals surface area contributed by atoms with E-state index in [1.54, 1.807) is 0 Å². The van der Waals surface area contributed by atoms with Crippen LogP contribution in [0.5, 0.6) is 0 Å². The molecule has 0 aliphatic heterocycles. The van der Waals surface area contributed by atoms with E-state index < -0.39 is 0 Å². The molecule has 0 saturated carbocycles. The minimum Gasteiger partial charge on any atom is -0.367 e. The van der Waals surface area contributed by atoms with Gasteiger partial charge in [0.25, 0.3) is 0 Å². The van der Waals surface area contributed by atoms with Gasteiger partial charge in [0, 0.05) is 25.1 Å². The second kappa shape index (κ2) is 3.71. The van der Waals surface area contributed by atoms with Crippen LogP contribution in [-0.4, -0.2) is 22.9 Å². The number of hydrogen-bond donors (Lipinski definition) is 1. The van der Waals surface area contributed by atoms with Crippen LogP contribution in [0.1, 0.15) is 13.8 Å². The van der Waals surface area contributed by atoms with Gasteiger partial charge in [-0.25, -0.2) is 0 Å². The molecule has 68 valence electrons. The highest BCUT2D eigenvalue weighted by Gasteiger charge is 2.07. The van der Waals surface area contributed by atoms with Gasteiger partial charge in [-0.2, -0.15) is 9.36 Å². The predicted molar refractivity (Wildman–Crippen MR) is 52.4 cm³/mol. The van der Waals surface area contributed by atoms with Crippen molar-refractivity contribution in [3.05, 3.63) is 0 Å². The Hall–Kier alpha value is -0.840. The van der Waals surface area contributed by atoms with Gasteiger partial charge in [0.2, 0.25) is 11.1 Å². The van der Waals surface area contributed by atoms with Gasteiger partial charge in [-0.15, -0.1) is 0 Å². The summed E-state index contributed by atoms with van der Waals surface area (Å²) in [7, 11) is 2.00. The Balaban J connectivity index is 2.58. The summed E-state index contributed by atoms with van der Waals surface area (Å²) in [6, 6.07) is 0. The van der Waals surface area contributed by atoms with Crippen molar-refractivity contribution < 1.29 is 0 Å². The standard InChI is InChI=1S/C7H14N4S/c1-5(2)4-11(3)7-9-6(8)10-12-7/h5H,4H2,1-3H3,(H2,8,10). The van der Waals surface area contributed by atoms with E-state index in [9.17, 15) is 0 Å². The molecule has 0 radical (unpaired) electrons. The average Bonchev–Trinajstić information content (AvgIpc) is 2.34. The average molecular weight is 186 g/mol. The molecule has 5 heteroatoms. The topological polar surface area (TPSA) is 55.0 Å². The van der Waals surface area contributed by atoms with Gasteiger partial charge in [0.05, 0.1) is 0 Å². The zero-order chi connectivity index (χ0) is 9.14. The van der Waals surface area contributed by atoms with Crippen molar-refractivity contribution in [3.8, 4) is 0 Å². The van der Waals surface area contributed by atoms with Crippen molar-refractivity contribution in [1.82, 2.24) is 9.36 Å². The Bertz CT molecular complexity index is 245. The van der Waals surface area contributed by atoms with Crippen LogP contribution in [0.25, 0.3) is 0 Å². The van der Waals surface area contributed by atoms with E-state index in [-0.39, 0.29) is 0 Å². The van der Waals surface area contributed by atoms with Crippen LogP contribution in [0.15, 0.2) is 0 Å². The van der Waals surface area contributed by atoms with Crippen molar-refractivity contribution in [3.63, 3.8) is 0 Å². The van der Waals surface area contributed by atoms with Crippen molar-refractivity contribution in [2.45, 2.75) is 13.8 Å². The number of nitrogens with two attached hydrogens (primary N) is 1. The van der Waals surface area contributed by atoms with Crippen LogP contribution in [-0.2, 0) is 0 Å². The lowest BCUT2D eigenvalue weighted by atomic mass is 10.2. The Labute approximate surface area is 76.6 Å². The first-order chi connectivity index (χ1) is 5.59. The molecule has 0 bridgehead atoms. The minimum atomic E-state index is 0.366. The summed E-state index contributed by atoms with van der Waals surface area (Å²) in [6.07, 6.45) is 0. The molecule has 0 aromatic carbocycles.